The molecule has 1 heterocycles. The third-order valence-corrected chi connectivity index (χ3v) is 5.74. The van der Waals surface area contributed by atoms with Crippen LogP contribution in [0.2, 0.25) is 0 Å². The average Bonchev–Trinajstić information content (AvgIpc) is 3.10. The van der Waals surface area contributed by atoms with Crippen LogP contribution in [0.5, 0.6) is 0 Å². The Morgan fingerprint density at radius 2 is 1.78 bits per heavy atom. The van der Waals surface area contributed by atoms with Gasteiger partial charge < -0.3 is 4.74 Å². The number of hydrogen-bond donors (Lipinski definition) is 1. The summed E-state index contributed by atoms with van der Waals surface area (Å²) < 4.78 is 34.0. The molecule has 1 N–H and O–H groups in total. The molecule has 1 aliphatic rings. The number of ether oxygens (including phenoxy) is 1. The summed E-state index contributed by atoms with van der Waals surface area (Å²) in [7, 11) is -3.61. The summed E-state index contributed by atoms with van der Waals surface area (Å²) >= 11 is 0. The number of hydrogen-bond acceptors (Lipinski definition) is 3. The molecule has 122 valence electrons. The maximum Gasteiger partial charge on any atom is 0.241 e. The molecule has 0 unspecified atom stereocenters. The third kappa shape index (κ3) is 3.63. The van der Waals surface area contributed by atoms with Gasteiger partial charge in [-0.3, -0.25) is 0 Å². The van der Waals surface area contributed by atoms with Crippen LogP contribution in [0.15, 0.2) is 59.5 Å². The summed E-state index contributed by atoms with van der Waals surface area (Å²) in [6.07, 6.45) is 1.83. The molecule has 1 saturated heterocycles. The standard InChI is InChI=1S/C18H21NO3S/c1-14(17-11-7-13-22-17)19-23(20,21)18-12-6-5-10-16(18)15-8-3-2-4-9-15/h2-6,8-10,12,14,17,19H,7,11,13H2,1H3/t14-,17+/m0/s1. The molecular formula is C18H21NO3S. The van der Waals surface area contributed by atoms with Gasteiger partial charge in [-0.25, -0.2) is 13.1 Å². The molecule has 1 fully saturated rings. The Hall–Kier alpha value is -1.69. The molecule has 1 aliphatic heterocycles. The van der Waals surface area contributed by atoms with Gasteiger partial charge in [0.25, 0.3) is 0 Å². The van der Waals surface area contributed by atoms with E-state index in [0.29, 0.717) is 17.1 Å². The van der Waals surface area contributed by atoms with Crippen LogP contribution in [0.25, 0.3) is 11.1 Å². The number of nitrogens with one attached hydrogen (secondary N) is 1. The zero-order chi connectivity index (χ0) is 16.3. The molecule has 23 heavy (non-hydrogen) atoms. The van der Waals surface area contributed by atoms with Crippen molar-refractivity contribution >= 4 is 10.0 Å². The molecule has 0 saturated carbocycles. The Labute approximate surface area is 137 Å². The third-order valence-electron chi connectivity index (χ3n) is 4.12. The quantitative estimate of drug-likeness (QED) is 0.915. The topological polar surface area (TPSA) is 55.4 Å². The van der Waals surface area contributed by atoms with Crippen LogP contribution >= 0.6 is 0 Å². The molecule has 5 heteroatoms. The van der Waals surface area contributed by atoms with Crippen LogP contribution in [-0.2, 0) is 14.8 Å². The largest absolute Gasteiger partial charge is 0.377 e. The normalized spacial score (nSPS) is 19.6. The second-order valence-corrected chi connectivity index (χ2v) is 7.51. The van der Waals surface area contributed by atoms with E-state index in [4.69, 9.17) is 4.74 Å². The molecule has 0 aliphatic carbocycles. The van der Waals surface area contributed by atoms with E-state index in [-0.39, 0.29) is 12.1 Å². The zero-order valence-corrected chi connectivity index (χ0v) is 13.9. The van der Waals surface area contributed by atoms with E-state index in [1.165, 1.54) is 0 Å². The predicted octanol–water partition coefficient (Wildman–Crippen LogP) is 3.20. The maximum absolute atomic E-state index is 12.8. The molecule has 0 amide bonds. The lowest BCUT2D eigenvalue weighted by Gasteiger charge is -2.21. The van der Waals surface area contributed by atoms with E-state index in [2.05, 4.69) is 4.72 Å². The van der Waals surface area contributed by atoms with Crippen molar-refractivity contribution in [1.82, 2.24) is 4.72 Å². The van der Waals surface area contributed by atoms with Gasteiger partial charge in [-0.2, -0.15) is 0 Å². The number of benzene rings is 2. The molecular weight excluding hydrogens is 310 g/mol. The smallest absolute Gasteiger partial charge is 0.241 e. The van der Waals surface area contributed by atoms with Crippen molar-refractivity contribution in [3.8, 4) is 11.1 Å². The monoisotopic (exact) mass is 331 g/mol. The van der Waals surface area contributed by atoms with Crippen LogP contribution in [-0.4, -0.2) is 27.2 Å². The Morgan fingerprint density at radius 1 is 1.09 bits per heavy atom. The van der Waals surface area contributed by atoms with E-state index in [0.717, 1.165) is 18.4 Å². The first-order valence-corrected chi connectivity index (χ1v) is 9.34. The van der Waals surface area contributed by atoms with E-state index >= 15 is 0 Å². The van der Waals surface area contributed by atoms with Gasteiger partial charge >= 0.3 is 0 Å². The highest BCUT2D eigenvalue weighted by atomic mass is 32.2. The van der Waals surface area contributed by atoms with Crippen molar-refractivity contribution in [1.29, 1.82) is 0 Å². The van der Waals surface area contributed by atoms with Gasteiger partial charge in [-0.05, 0) is 31.4 Å². The average molecular weight is 331 g/mol. The zero-order valence-electron chi connectivity index (χ0n) is 13.1. The van der Waals surface area contributed by atoms with Gasteiger partial charge in [-0.1, -0.05) is 48.5 Å². The van der Waals surface area contributed by atoms with Crippen molar-refractivity contribution in [2.45, 2.75) is 36.8 Å². The van der Waals surface area contributed by atoms with Gasteiger partial charge in [0, 0.05) is 18.2 Å². The highest BCUT2D eigenvalue weighted by Crippen LogP contribution is 2.27. The molecule has 3 rings (SSSR count). The molecule has 0 radical (unpaired) electrons. The summed E-state index contributed by atoms with van der Waals surface area (Å²) in [5.41, 5.74) is 1.60. The highest BCUT2D eigenvalue weighted by molar-refractivity contribution is 7.89. The first-order chi connectivity index (χ1) is 11.1. The summed E-state index contributed by atoms with van der Waals surface area (Å²) in [5, 5.41) is 0. The fourth-order valence-electron chi connectivity index (χ4n) is 2.94. The van der Waals surface area contributed by atoms with E-state index < -0.39 is 10.0 Å². The first-order valence-electron chi connectivity index (χ1n) is 7.86. The molecule has 2 aromatic rings. The molecule has 0 spiro atoms. The van der Waals surface area contributed by atoms with Crippen LogP contribution < -0.4 is 4.72 Å². The summed E-state index contributed by atoms with van der Waals surface area (Å²) in [6.45, 7) is 2.57. The van der Waals surface area contributed by atoms with Crippen molar-refractivity contribution in [3.63, 3.8) is 0 Å². The van der Waals surface area contributed by atoms with Crippen LogP contribution in [0.1, 0.15) is 19.8 Å². The van der Waals surface area contributed by atoms with E-state index in [1.54, 1.807) is 12.1 Å². The van der Waals surface area contributed by atoms with E-state index in [1.807, 2.05) is 49.4 Å². The highest BCUT2D eigenvalue weighted by Gasteiger charge is 2.28. The van der Waals surface area contributed by atoms with Crippen molar-refractivity contribution < 1.29 is 13.2 Å². The van der Waals surface area contributed by atoms with Gasteiger partial charge in [0.1, 0.15) is 0 Å². The Kier molecular flexibility index (Phi) is 4.80. The van der Waals surface area contributed by atoms with Crippen molar-refractivity contribution in [3.05, 3.63) is 54.6 Å². The van der Waals surface area contributed by atoms with Gasteiger partial charge in [-0.15, -0.1) is 0 Å². The second-order valence-electron chi connectivity index (χ2n) is 5.82. The minimum Gasteiger partial charge on any atom is -0.377 e. The van der Waals surface area contributed by atoms with Crippen LogP contribution in [0.3, 0.4) is 0 Å². The number of sulfonamides is 1. The maximum atomic E-state index is 12.8. The van der Waals surface area contributed by atoms with Gasteiger partial charge in [0.2, 0.25) is 10.0 Å². The Balaban J connectivity index is 1.91. The lowest BCUT2D eigenvalue weighted by atomic mass is 10.1. The number of rotatable bonds is 5. The Morgan fingerprint density at radius 3 is 2.48 bits per heavy atom. The van der Waals surface area contributed by atoms with E-state index in [9.17, 15) is 8.42 Å². The SMILES string of the molecule is C[C@H](NS(=O)(=O)c1ccccc1-c1ccccc1)[C@H]1CCCO1. The lowest BCUT2D eigenvalue weighted by molar-refractivity contribution is 0.0902. The molecule has 0 aromatic heterocycles. The summed E-state index contributed by atoms with van der Waals surface area (Å²) in [5.74, 6) is 0. The second kappa shape index (κ2) is 6.83. The molecule has 2 atom stereocenters. The minimum absolute atomic E-state index is 0.0475. The molecule has 2 aromatic carbocycles. The van der Waals surface area contributed by atoms with Crippen LogP contribution in [0, 0.1) is 0 Å². The molecule has 0 bridgehead atoms. The van der Waals surface area contributed by atoms with Gasteiger partial charge in [0.05, 0.1) is 11.0 Å². The fraction of sp³-hybridized carbons (Fsp3) is 0.333. The lowest BCUT2D eigenvalue weighted by Crippen LogP contribution is -2.40. The summed E-state index contributed by atoms with van der Waals surface area (Å²) in [6, 6.07) is 16.4. The molecule has 4 nitrogen and oxygen atoms in total. The van der Waals surface area contributed by atoms with Crippen molar-refractivity contribution in [2.75, 3.05) is 6.61 Å². The fourth-order valence-corrected chi connectivity index (χ4v) is 4.44. The summed E-state index contributed by atoms with van der Waals surface area (Å²) in [4.78, 5) is 0.302. The van der Waals surface area contributed by atoms with Gasteiger partial charge in [0.15, 0.2) is 0 Å². The van der Waals surface area contributed by atoms with Crippen LogP contribution in [0.4, 0.5) is 0 Å². The minimum atomic E-state index is -3.61. The first kappa shape index (κ1) is 16.2. The van der Waals surface area contributed by atoms with Crippen molar-refractivity contribution in [2.24, 2.45) is 0 Å². The Bertz CT molecular complexity index is 753. The predicted molar refractivity (Wildman–Crippen MR) is 90.6 cm³/mol.